The summed E-state index contributed by atoms with van der Waals surface area (Å²) in [5.74, 6) is -1.36. The highest BCUT2D eigenvalue weighted by Gasteiger charge is 2.36. The lowest BCUT2D eigenvalue weighted by atomic mass is 10.1. The van der Waals surface area contributed by atoms with Gasteiger partial charge in [0.05, 0.1) is 6.20 Å². The van der Waals surface area contributed by atoms with E-state index >= 15 is 0 Å². The van der Waals surface area contributed by atoms with Crippen LogP contribution in [0.2, 0.25) is 0 Å². The van der Waals surface area contributed by atoms with Crippen LogP contribution >= 0.6 is 0 Å². The highest BCUT2D eigenvalue weighted by Crippen LogP contribution is 2.30. The van der Waals surface area contributed by atoms with E-state index in [1.807, 2.05) is 0 Å². The molecule has 1 atom stereocenters. The van der Waals surface area contributed by atoms with Crippen molar-refractivity contribution in [3.63, 3.8) is 0 Å². The topological polar surface area (TPSA) is 92.0 Å². The molecule has 4 N–H and O–H groups in total. The van der Waals surface area contributed by atoms with Crippen LogP contribution in [0.15, 0.2) is 6.20 Å². The summed E-state index contributed by atoms with van der Waals surface area (Å²) >= 11 is 0. The number of H-pyrrole nitrogens is 1. The zero-order valence-corrected chi connectivity index (χ0v) is 7.38. The lowest BCUT2D eigenvalue weighted by Crippen LogP contribution is -2.32. The summed E-state index contributed by atoms with van der Waals surface area (Å²) < 4.78 is 36.8. The first-order valence-corrected chi connectivity index (χ1v) is 3.90. The number of hydrogen-bond donors (Lipinski definition) is 3. The van der Waals surface area contributed by atoms with Gasteiger partial charge in [-0.3, -0.25) is 9.89 Å². The summed E-state index contributed by atoms with van der Waals surface area (Å²) in [6, 6.07) is -1.37. The maximum atomic E-state index is 12.3. The van der Waals surface area contributed by atoms with Crippen LogP contribution in [-0.4, -0.2) is 27.3 Å². The molecule has 0 saturated carbocycles. The molecule has 1 unspecified atom stereocenters. The monoisotopic (exact) mass is 223 g/mol. The van der Waals surface area contributed by atoms with Crippen LogP contribution in [0, 0.1) is 0 Å². The summed E-state index contributed by atoms with van der Waals surface area (Å²) in [7, 11) is 0. The second-order valence-electron chi connectivity index (χ2n) is 2.92. The fraction of sp³-hybridized carbons (Fsp3) is 0.429. The number of rotatable bonds is 3. The predicted octanol–water partition coefficient (Wildman–Crippen LogP) is 0.383. The van der Waals surface area contributed by atoms with Crippen LogP contribution in [0.3, 0.4) is 0 Å². The van der Waals surface area contributed by atoms with Gasteiger partial charge in [0.2, 0.25) is 0 Å². The molecule has 0 aliphatic rings. The first kappa shape index (κ1) is 11.5. The first-order valence-electron chi connectivity index (χ1n) is 3.90. The zero-order chi connectivity index (χ0) is 11.6. The molecule has 15 heavy (non-hydrogen) atoms. The second-order valence-corrected chi connectivity index (χ2v) is 2.92. The number of alkyl halides is 3. The SMILES string of the molecule is NC(Cc1cn[nH]c1C(F)(F)F)C(=O)O. The van der Waals surface area contributed by atoms with Crippen molar-refractivity contribution in [1.29, 1.82) is 0 Å². The lowest BCUT2D eigenvalue weighted by molar-refractivity contribution is -0.143. The van der Waals surface area contributed by atoms with Gasteiger partial charge in [0.25, 0.3) is 0 Å². The van der Waals surface area contributed by atoms with Gasteiger partial charge >= 0.3 is 12.1 Å². The molecule has 0 amide bonds. The fourth-order valence-electron chi connectivity index (χ4n) is 1.04. The Kier molecular flexibility index (Phi) is 2.98. The molecule has 0 aliphatic heterocycles. The van der Waals surface area contributed by atoms with Crippen LogP contribution in [0.1, 0.15) is 11.3 Å². The maximum Gasteiger partial charge on any atom is 0.433 e. The van der Waals surface area contributed by atoms with Crippen LogP contribution in [0.25, 0.3) is 0 Å². The van der Waals surface area contributed by atoms with Crippen molar-refractivity contribution >= 4 is 5.97 Å². The summed E-state index contributed by atoms with van der Waals surface area (Å²) in [6.07, 6.45) is -4.07. The van der Waals surface area contributed by atoms with E-state index in [9.17, 15) is 18.0 Å². The summed E-state index contributed by atoms with van der Waals surface area (Å²) in [5.41, 5.74) is 3.80. The molecule has 1 aromatic rings. The Morgan fingerprint density at radius 2 is 2.27 bits per heavy atom. The smallest absolute Gasteiger partial charge is 0.433 e. The maximum absolute atomic E-state index is 12.3. The average molecular weight is 223 g/mol. The van der Waals surface area contributed by atoms with Gasteiger partial charge in [-0.15, -0.1) is 0 Å². The predicted molar refractivity (Wildman–Crippen MR) is 42.9 cm³/mol. The highest BCUT2D eigenvalue weighted by atomic mass is 19.4. The molecule has 0 bridgehead atoms. The molecule has 0 saturated heterocycles. The zero-order valence-electron chi connectivity index (χ0n) is 7.38. The summed E-state index contributed by atoms with van der Waals surface area (Å²) in [5, 5.41) is 13.4. The van der Waals surface area contributed by atoms with Gasteiger partial charge in [-0.1, -0.05) is 0 Å². The number of halogens is 3. The number of aliphatic carboxylic acids is 1. The van der Waals surface area contributed by atoms with Gasteiger partial charge in [-0.2, -0.15) is 18.3 Å². The Labute approximate surface area is 82.1 Å². The van der Waals surface area contributed by atoms with Crippen molar-refractivity contribution in [1.82, 2.24) is 10.2 Å². The number of nitrogens with one attached hydrogen (secondary N) is 1. The third kappa shape index (κ3) is 2.69. The molecule has 0 spiro atoms. The van der Waals surface area contributed by atoms with Gasteiger partial charge in [0.15, 0.2) is 0 Å². The van der Waals surface area contributed by atoms with Crippen molar-refractivity contribution < 1.29 is 23.1 Å². The number of carbonyl (C=O) groups is 1. The van der Waals surface area contributed by atoms with E-state index in [4.69, 9.17) is 10.8 Å². The Balaban J connectivity index is 2.87. The van der Waals surface area contributed by atoms with Gasteiger partial charge < -0.3 is 10.8 Å². The number of nitrogens with zero attached hydrogens (tertiary/aromatic N) is 1. The first-order chi connectivity index (χ1) is 6.82. The Hall–Kier alpha value is -1.57. The molecular formula is C7H8F3N3O2. The standard InChI is InChI=1S/C7H8F3N3O2/c8-7(9,10)5-3(2-12-13-5)1-4(11)6(14)15/h2,4H,1,11H2,(H,12,13)(H,14,15). The van der Waals surface area contributed by atoms with Crippen molar-refractivity contribution in [2.45, 2.75) is 18.6 Å². The molecule has 0 aromatic carbocycles. The van der Waals surface area contributed by atoms with E-state index in [0.717, 1.165) is 6.20 Å². The number of nitrogens with two attached hydrogens (primary N) is 1. The molecule has 84 valence electrons. The molecule has 1 aromatic heterocycles. The minimum atomic E-state index is -4.58. The normalized spacial score (nSPS) is 13.9. The second kappa shape index (κ2) is 3.89. The highest BCUT2D eigenvalue weighted by molar-refractivity contribution is 5.73. The molecule has 0 aliphatic carbocycles. The molecule has 8 heteroatoms. The fourth-order valence-corrected chi connectivity index (χ4v) is 1.04. The molecule has 1 rings (SSSR count). The Morgan fingerprint density at radius 1 is 1.67 bits per heavy atom. The number of carboxylic acid groups (broad SMARTS) is 1. The molecular weight excluding hydrogens is 215 g/mol. The van der Waals surface area contributed by atoms with E-state index in [1.165, 1.54) is 0 Å². The quantitative estimate of drug-likeness (QED) is 0.690. The number of aromatic amines is 1. The van der Waals surface area contributed by atoms with Crippen LogP contribution < -0.4 is 5.73 Å². The minimum Gasteiger partial charge on any atom is -0.480 e. The van der Waals surface area contributed by atoms with Gasteiger partial charge in [0, 0.05) is 12.0 Å². The van der Waals surface area contributed by atoms with E-state index in [-0.39, 0.29) is 5.56 Å². The molecule has 5 nitrogen and oxygen atoms in total. The molecule has 1 heterocycles. The third-order valence-corrected chi connectivity index (χ3v) is 1.76. The molecule has 0 fully saturated rings. The van der Waals surface area contributed by atoms with Crippen molar-refractivity contribution in [3.8, 4) is 0 Å². The van der Waals surface area contributed by atoms with Gasteiger partial charge in [-0.25, -0.2) is 0 Å². The van der Waals surface area contributed by atoms with Gasteiger partial charge in [-0.05, 0) is 0 Å². The summed E-state index contributed by atoms with van der Waals surface area (Å²) in [4.78, 5) is 10.3. The van der Waals surface area contributed by atoms with Gasteiger partial charge in [0.1, 0.15) is 11.7 Å². The number of aromatic nitrogens is 2. The van der Waals surface area contributed by atoms with E-state index in [1.54, 1.807) is 5.10 Å². The van der Waals surface area contributed by atoms with Crippen LogP contribution in [0.4, 0.5) is 13.2 Å². The van der Waals surface area contributed by atoms with Crippen molar-refractivity contribution in [2.24, 2.45) is 5.73 Å². The minimum absolute atomic E-state index is 0.252. The number of hydrogen-bond acceptors (Lipinski definition) is 3. The largest absolute Gasteiger partial charge is 0.480 e. The van der Waals surface area contributed by atoms with Crippen LogP contribution in [0.5, 0.6) is 0 Å². The van der Waals surface area contributed by atoms with Crippen molar-refractivity contribution in [3.05, 3.63) is 17.5 Å². The van der Waals surface area contributed by atoms with Crippen molar-refractivity contribution in [2.75, 3.05) is 0 Å². The Morgan fingerprint density at radius 3 is 2.73 bits per heavy atom. The summed E-state index contributed by atoms with van der Waals surface area (Å²) in [6.45, 7) is 0. The molecule has 0 radical (unpaired) electrons. The average Bonchev–Trinajstić information content (AvgIpc) is 2.50. The van der Waals surface area contributed by atoms with Crippen LogP contribution in [-0.2, 0) is 17.4 Å². The van der Waals surface area contributed by atoms with E-state index < -0.39 is 30.3 Å². The number of carboxylic acids is 1. The third-order valence-electron chi connectivity index (χ3n) is 1.76. The lowest BCUT2D eigenvalue weighted by Gasteiger charge is -2.08. The van der Waals surface area contributed by atoms with E-state index in [2.05, 4.69) is 5.10 Å². The Bertz CT molecular complexity index is 361. The van der Waals surface area contributed by atoms with E-state index in [0.29, 0.717) is 0 Å².